The summed E-state index contributed by atoms with van der Waals surface area (Å²) in [5.41, 5.74) is 2.10. The van der Waals surface area contributed by atoms with Crippen molar-refractivity contribution in [1.82, 2.24) is 15.6 Å². The van der Waals surface area contributed by atoms with E-state index in [2.05, 4.69) is 26.7 Å². The van der Waals surface area contributed by atoms with Crippen molar-refractivity contribution in [3.05, 3.63) is 72.2 Å². The van der Waals surface area contributed by atoms with Crippen LogP contribution in [0.4, 0.5) is 4.39 Å². The second kappa shape index (κ2) is 10.8. The van der Waals surface area contributed by atoms with Crippen LogP contribution >= 0.6 is 24.0 Å². The lowest BCUT2D eigenvalue weighted by Crippen LogP contribution is -2.41. The van der Waals surface area contributed by atoms with Crippen molar-refractivity contribution in [2.75, 3.05) is 13.6 Å². The molecule has 0 amide bonds. The molecule has 2 aromatic carbocycles. The van der Waals surface area contributed by atoms with Crippen LogP contribution in [0, 0.1) is 5.82 Å². The zero-order valence-electron chi connectivity index (χ0n) is 15.9. The number of pyridine rings is 1. The zero-order chi connectivity index (χ0) is 19.1. The maximum atomic E-state index is 13.7. The van der Waals surface area contributed by atoms with Gasteiger partial charge in [-0.3, -0.25) is 9.98 Å². The molecular formula is C21H24FIN4O. The Morgan fingerprint density at radius 1 is 1.11 bits per heavy atom. The number of halogens is 2. The van der Waals surface area contributed by atoms with Crippen molar-refractivity contribution in [1.29, 1.82) is 0 Å². The number of aromatic nitrogens is 1. The van der Waals surface area contributed by atoms with Crippen LogP contribution < -0.4 is 15.4 Å². The second-order valence-electron chi connectivity index (χ2n) is 6.15. The van der Waals surface area contributed by atoms with Crippen LogP contribution in [0.15, 0.2) is 65.8 Å². The quantitative estimate of drug-likeness (QED) is 0.308. The van der Waals surface area contributed by atoms with Gasteiger partial charge in [-0.1, -0.05) is 30.3 Å². The van der Waals surface area contributed by atoms with E-state index < -0.39 is 0 Å². The maximum absolute atomic E-state index is 13.7. The van der Waals surface area contributed by atoms with E-state index in [1.165, 1.54) is 6.07 Å². The summed E-state index contributed by atoms with van der Waals surface area (Å²) in [4.78, 5) is 8.60. The molecule has 0 saturated carbocycles. The minimum absolute atomic E-state index is 0. The van der Waals surface area contributed by atoms with Gasteiger partial charge in [0.1, 0.15) is 6.10 Å². The zero-order valence-corrected chi connectivity index (χ0v) is 18.2. The van der Waals surface area contributed by atoms with Gasteiger partial charge in [0, 0.05) is 25.2 Å². The molecule has 28 heavy (non-hydrogen) atoms. The van der Waals surface area contributed by atoms with Gasteiger partial charge >= 0.3 is 0 Å². The molecule has 5 nitrogen and oxygen atoms in total. The molecule has 1 heterocycles. The Morgan fingerprint density at radius 3 is 2.64 bits per heavy atom. The first-order valence-electron chi connectivity index (χ1n) is 8.85. The van der Waals surface area contributed by atoms with Crippen molar-refractivity contribution >= 4 is 40.8 Å². The number of guanidine groups is 1. The minimum Gasteiger partial charge on any atom is -0.486 e. The van der Waals surface area contributed by atoms with Crippen LogP contribution in [0.5, 0.6) is 5.75 Å². The van der Waals surface area contributed by atoms with Gasteiger partial charge in [-0.25, -0.2) is 4.39 Å². The van der Waals surface area contributed by atoms with Crippen LogP contribution in [-0.4, -0.2) is 30.6 Å². The number of para-hydroxylation sites is 2. The van der Waals surface area contributed by atoms with E-state index >= 15 is 0 Å². The third-order valence-corrected chi connectivity index (χ3v) is 4.13. The lowest BCUT2D eigenvalue weighted by atomic mass is 10.1. The van der Waals surface area contributed by atoms with E-state index in [9.17, 15) is 4.39 Å². The molecule has 0 saturated heterocycles. The fraction of sp³-hybridized carbons (Fsp3) is 0.238. The first-order valence-corrected chi connectivity index (χ1v) is 8.85. The van der Waals surface area contributed by atoms with Crippen molar-refractivity contribution < 1.29 is 9.13 Å². The predicted molar refractivity (Wildman–Crippen MR) is 122 cm³/mol. The molecule has 148 valence electrons. The van der Waals surface area contributed by atoms with Crippen LogP contribution in [-0.2, 0) is 6.54 Å². The van der Waals surface area contributed by atoms with Gasteiger partial charge in [0.15, 0.2) is 17.5 Å². The smallest absolute Gasteiger partial charge is 0.191 e. The van der Waals surface area contributed by atoms with E-state index in [0.29, 0.717) is 19.0 Å². The number of aliphatic imine (C=N–C) groups is 1. The molecule has 0 radical (unpaired) electrons. The molecule has 0 fully saturated rings. The Hall–Kier alpha value is -2.42. The Labute approximate surface area is 181 Å². The maximum Gasteiger partial charge on any atom is 0.191 e. The third kappa shape index (κ3) is 5.79. The lowest BCUT2D eigenvalue weighted by molar-refractivity contribution is 0.214. The molecule has 3 rings (SSSR count). The van der Waals surface area contributed by atoms with E-state index in [4.69, 9.17) is 4.74 Å². The fourth-order valence-corrected chi connectivity index (χ4v) is 2.75. The van der Waals surface area contributed by atoms with Gasteiger partial charge in [-0.05, 0) is 36.8 Å². The SMILES string of the molecule is CN=C(NCc1ccnc2ccccc12)NCC(C)Oc1ccccc1F.I. The van der Waals surface area contributed by atoms with Gasteiger partial charge in [0.2, 0.25) is 0 Å². The minimum atomic E-state index is -0.364. The topological polar surface area (TPSA) is 58.5 Å². The lowest BCUT2D eigenvalue weighted by Gasteiger charge is -2.18. The highest BCUT2D eigenvalue weighted by Gasteiger charge is 2.09. The average molecular weight is 494 g/mol. The molecule has 0 aliphatic rings. The summed E-state index contributed by atoms with van der Waals surface area (Å²) in [5, 5.41) is 7.60. The highest BCUT2D eigenvalue weighted by atomic mass is 127. The van der Waals surface area contributed by atoms with Crippen LogP contribution in [0.25, 0.3) is 10.9 Å². The van der Waals surface area contributed by atoms with E-state index in [0.717, 1.165) is 16.5 Å². The summed E-state index contributed by atoms with van der Waals surface area (Å²) in [7, 11) is 1.71. The van der Waals surface area contributed by atoms with Crippen molar-refractivity contribution in [3.8, 4) is 5.75 Å². The average Bonchev–Trinajstić information content (AvgIpc) is 2.70. The molecular weight excluding hydrogens is 470 g/mol. The number of ether oxygens (including phenoxy) is 1. The summed E-state index contributed by atoms with van der Waals surface area (Å²) in [5.74, 6) is 0.536. The largest absolute Gasteiger partial charge is 0.486 e. The Kier molecular flexibility index (Phi) is 8.43. The number of nitrogens with zero attached hydrogens (tertiary/aromatic N) is 2. The molecule has 2 N–H and O–H groups in total. The molecule has 0 bridgehead atoms. The molecule has 7 heteroatoms. The number of hydrogen-bond acceptors (Lipinski definition) is 3. The van der Waals surface area contributed by atoms with Crippen molar-refractivity contribution in [2.45, 2.75) is 19.6 Å². The van der Waals surface area contributed by atoms with Crippen LogP contribution in [0.3, 0.4) is 0 Å². The molecule has 1 atom stereocenters. The van der Waals surface area contributed by atoms with Gasteiger partial charge in [-0.2, -0.15) is 0 Å². The Bertz CT molecular complexity index is 930. The van der Waals surface area contributed by atoms with Gasteiger partial charge in [-0.15, -0.1) is 24.0 Å². The first kappa shape index (κ1) is 21.9. The summed E-state index contributed by atoms with van der Waals surface area (Å²) in [6.45, 7) is 2.99. The summed E-state index contributed by atoms with van der Waals surface area (Å²) >= 11 is 0. The van der Waals surface area contributed by atoms with Crippen LogP contribution in [0.2, 0.25) is 0 Å². The van der Waals surface area contributed by atoms with Gasteiger partial charge < -0.3 is 15.4 Å². The summed E-state index contributed by atoms with van der Waals surface area (Å²) in [6, 6.07) is 16.4. The third-order valence-electron chi connectivity index (χ3n) is 4.13. The Morgan fingerprint density at radius 2 is 1.86 bits per heavy atom. The normalized spacial score (nSPS) is 12.2. The highest BCUT2D eigenvalue weighted by Crippen LogP contribution is 2.17. The van der Waals surface area contributed by atoms with Gasteiger partial charge in [0.05, 0.1) is 12.1 Å². The molecule has 1 unspecified atom stereocenters. The van der Waals surface area contributed by atoms with Gasteiger partial charge in [0.25, 0.3) is 0 Å². The molecule has 0 spiro atoms. The summed E-state index contributed by atoms with van der Waals surface area (Å²) in [6.07, 6.45) is 1.59. The number of rotatable bonds is 6. The number of fused-ring (bicyclic) bond motifs is 1. The molecule has 0 aliphatic heterocycles. The molecule has 3 aromatic rings. The fourth-order valence-electron chi connectivity index (χ4n) is 2.75. The number of hydrogen-bond donors (Lipinski definition) is 2. The monoisotopic (exact) mass is 494 g/mol. The van der Waals surface area contributed by atoms with E-state index in [1.54, 1.807) is 31.4 Å². The summed E-state index contributed by atoms with van der Waals surface area (Å²) < 4.78 is 19.3. The molecule has 0 aliphatic carbocycles. The van der Waals surface area contributed by atoms with Crippen LogP contribution in [0.1, 0.15) is 12.5 Å². The van der Waals surface area contributed by atoms with Crippen molar-refractivity contribution in [2.24, 2.45) is 4.99 Å². The second-order valence-corrected chi connectivity index (χ2v) is 6.15. The van der Waals surface area contributed by atoms with Crippen molar-refractivity contribution in [3.63, 3.8) is 0 Å². The number of nitrogens with one attached hydrogen (secondary N) is 2. The highest BCUT2D eigenvalue weighted by molar-refractivity contribution is 14.0. The number of benzene rings is 2. The predicted octanol–water partition coefficient (Wildman–Crippen LogP) is 4.12. The first-order chi connectivity index (χ1) is 13.2. The Balaban J connectivity index is 0.00000280. The van der Waals surface area contributed by atoms with E-state index in [-0.39, 0.29) is 41.6 Å². The molecule has 1 aromatic heterocycles. The standard InChI is InChI=1S/C21H23FN4O.HI/c1-15(27-20-10-6-4-8-18(20)22)13-25-21(23-2)26-14-16-11-12-24-19-9-5-3-7-17(16)19;/h3-12,15H,13-14H2,1-2H3,(H2,23,25,26);1H. The van der Waals surface area contributed by atoms with E-state index in [1.807, 2.05) is 31.2 Å².